The van der Waals surface area contributed by atoms with Gasteiger partial charge in [0.1, 0.15) is 18.2 Å². The lowest BCUT2D eigenvalue weighted by Crippen LogP contribution is -2.41. The number of rotatable bonds is 14. The standard InChI is InChI=1S/C35H40N2O7/c1-35(2,3)44-32(39)20-19-24-18-17-23(21-36-24)31(38)16-6-4-5-15-30(33(40)41)37-34(42)43-22-29-27-13-9-7-11-25(27)26-12-8-10-14-28(26)29/h7-14,17-18,21,29-30H,4-6,15-16,19-20,22H2,1-3H3,(H,37,42)(H,40,41)/t30-/m0/s1. The van der Waals surface area contributed by atoms with Crippen molar-refractivity contribution in [2.75, 3.05) is 6.61 Å². The molecule has 1 amide bonds. The minimum absolute atomic E-state index is 0.0530. The number of aliphatic carboxylic acids is 1. The number of unbranched alkanes of at least 4 members (excludes halogenated alkanes) is 2. The first-order chi connectivity index (χ1) is 21.0. The first kappa shape index (κ1) is 32.4. The number of hydrogen-bond acceptors (Lipinski definition) is 7. The summed E-state index contributed by atoms with van der Waals surface area (Å²) in [5, 5.41) is 12.1. The van der Waals surface area contributed by atoms with Crippen molar-refractivity contribution in [2.24, 2.45) is 0 Å². The molecule has 2 aromatic carbocycles. The lowest BCUT2D eigenvalue weighted by molar-refractivity contribution is -0.154. The van der Waals surface area contributed by atoms with Crippen LogP contribution in [0.5, 0.6) is 0 Å². The number of amides is 1. The molecule has 1 aromatic heterocycles. The number of nitrogens with zero attached hydrogens (tertiary/aromatic N) is 1. The quantitative estimate of drug-likeness (QED) is 0.122. The van der Waals surface area contributed by atoms with Crippen LogP contribution < -0.4 is 5.32 Å². The molecule has 1 heterocycles. The lowest BCUT2D eigenvalue weighted by atomic mass is 9.98. The van der Waals surface area contributed by atoms with Gasteiger partial charge in [0, 0.05) is 36.2 Å². The molecule has 9 heteroatoms. The zero-order chi connectivity index (χ0) is 31.7. The largest absolute Gasteiger partial charge is 0.480 e. The highest BCUT2D eigenvalue weighted by Crippen LogP contribution is 2.44. The van der Waals surface area contributed by atoms with E-state index < -0.39 is 23.7 Å². The third kappa shape index (κ3) is 8.99. The first-order valence-electron chi connectivity index (χ1n) is 15.1. The van der Waals surface area contributed by atoms with Crippen molar-refractivity contribution >= 4 is 23.8 Å². The maximum Gasteiger partial charge on any atom is 0.407 e. The Kier molecular flexibility index (Phi) is 10.9. The number of fused-ring (bicyclic) bond motifs is 3. The van der Waals surface area contributed by atoms with E-state index in [1.165, 1.54) is 6.20 Å². The highest BCUT2D eigenvalue weighted by Gasteiger charge is 2.29. The minimum atomic E-state index is -1.13. The fraction of sp³-hybridized carbons (Fsp3) is 0.400. The van der Waals surface area contributed by atoms with Gasteiger partial charge in [0.15, 0.2) is 5.78 Å². The number of ketones is 1. The summed E-state index contributed by atoms with van der Waals surface area (Å²) in [7, 11) is 0. The Morgan fingerprint density at radius 3 is 2.14 bits per heavy atom. The summed E-state index contributed by atoms with van der Waals surface area (Å²) in [6.07, 6.45) is 3.65. The molecule has 1 aliphatic carbocycles. The van der Waals surface area contributed by atoms with E-state index in [-0.39, 0.29) is 37.1 Å². The molecular weight excluding hydrogens is 560 g/mol. The molecule has 0 saturated carbocycles. The lowest BCUT2D eigenvalue weighted by Gasteiger charge is -2.19. The molecule has 0 unspecified atom stereocenters. The van der Waals surface area contributed by atoms with Gasteiger partial charge in [0.05, 0.1) is 6.42 Å². The highest BCUT2D eigenvalue weighted by molar-refractivity contribution is 5.95. The Labute approximate surface area is 258 Å². The molecule has 3 aromatic rings. The third-order valence-electron chi connectivity index (χ3n) is 7.48. The van der Waals surface area contributed by atoms with Crippen molar-refractivity contribution in [1.29, 1.82) is 0 Å². The third-order valence-corrected chi connectivity index (χ3v) is 7.48. The van der Waals surface area contributed by atoms with Crippen LogP contribution in [0.15, 0.2) is 66.9 Å². The summed E-state index contributed by atoms with van der Waals surface area (Å²) >= 11 is 0. The maximum absolute atomic E-state index is 12.6. The zero-order valence-electron chi connectivity index (χ0n) is 25.5. The number of nitrogens with one attached hydrogen (secondary N) is 1. The molecule has 4 rings (SSSR count). The van der Waals surface area contributed by atoms with Gasteiger partial charge in [-0.1, -0.05) is 61.4 Å². The van der Waals surface area contributed by atoms with Gasteiger partial charge >= 0.3 is 18.0 Å². The van der Waals surface area contributed by atoms with E-state index in [4.69, 9.17) is 9.47 Å². The number of esters is 1. The fourth-order valence-electron chi connectivity index (χ4n) is 5.35. The number of carbonyl (C=O) groups excluding carboxylic acids is 3. The number of carboxylic acid groups (broad SMARTS) is 1. The molecule has 0 aliphatic heterocycles. The number of ether oxygens (including phenoxy) is 2. The number of hydrogen-bond donors (Lipinski definition) is 2. The average Bonchev–Trinajstić information content (AvgIpc) is 3.31. The van der Waals surface area contributed by atoms with Crippen molar-refractivity contribution < 1.29 is 33.8 Å². The molecule has 1 atom stereocenters. The van der Waals surface area contributed by atoms with Gasteiger partial charge in [-0.3, -0.25) is 14.6 Å². The number of carbonyl (C=O) groups is 4. The van der Waals surface area contributed by atoms with E-state index in [9.17, 15) is 24.3 Å². The van der Waals surface area contributed by atoms with E-state index in [0.717, 1.165) is 22.3 Å². The molecule has 0 saturated heterocycles. The second-order valence-electron chi connectivity index (χ2n) is 12.0. The van der Waals surface area contributed by atoms with Crippen molar-refractivity contribution in [3.05, 3.63) is 89.2 Å². The summed E-state index contributed by atoms with van der Waals surface area (Å²) < 4.78 is 10.8. The highest BCUT2D eigenvalue weighted by atomic mass is 16.6. The molecule has 9 nitrogen and oxygen atoms in total. The van der Waals surface area contributed by atoms with Crippen molar-refractivity contribution in [1.82, 2.24) is 10.3 Å². The predicted molar refractivity (Wildman–Crippen MR) is 165 cm³/mol. The molecule has 0 fully saturated rings. The van der Waals surface area contributed by atoms with Crippen LogP contribution in [-0.2, 0) is 25.5 Å². The number of aromatic nitrogens is 1. The van der Waals surface area contributed by atoms with Gasteiger partial charge in [0.25, 0.3) is 0 Å². The second-order valence-corrected chi connectivity index (χ2v) is 12.0. The molecule has 0 radical (unpaired) electrons. The number of pyridine rings is 1. The van der Waals surface area contributed by atoms with E-state index >= 15 is 0 Å². The zero-order valence-corrected chi connectivity index (χ0v) is 25.5. The van der Waals surface area contributed by atoms with Crippen LogP contribution in [0.4, 0.5) is 4.79 Å². The van der Waals surface area contributed by atoms with Gasteiger partial charge < -0.3 is 19.9 Å². The second kappa shape index (κ2) is 14.8. The van der Waals surface area contributed by atoms with Gasteiger partial charge in [0.2, 0.25) is 0 Å². The van der Waals surface area contributed by atoms with Gasteiger partial charge in [-0.05, 0) is 68.0 Å². The van der Waals surface area contributed by atoms with Gasteiger partial charge in [-0.25, -0.2) is 9.59 Å². The van der Waals surface area contributed by atoms with Crippen LogP contribution in [0.3, 0.4) is 0 Å². The van der Waals surface area contributed by atoms with Crippen LogP contribution in [0.1, 0.15) is 92.4 Å². The van der Waals surface area contributed by atoms with Crippen LogP contribution in [-0.4, -0.2) is 52.2 Å². The summed E-state index contributed by atoms with van der Waals surface area (Å²) in [4.78, 5) is 53.1. The van der Waals surface area contributed by atoms with E-state index in [1.54, 1.807) is 12.1 Å². The Morgan fingerprint density at radius 2 is 1.55 bits per heavy atom. The SMILES string of the molecule is CC(C)(C)OC(=O)CCc1ccc(C(=O)CCCCC[C@H](NC(=O)OCC2c3ccccc3-c3ccccc32)C(=O)O)cn1. The molecule has 1 aliphatic rings. The molecular formula is C35H40N2O7. The fourth-order valence-corrected chi connectivity index (χ4v) is 5.35. The Bertz CT molecular complexity index is 1430. The summed E-state index contributed by atoms with van der Waals surface area (Å²) in [6.45, 7) is 5.56. The Balaban J connectivity index is 1.16. The number of alkyl carbamates (subject to hydrolysis) is 1. The molecule has 0 bridgehead atoms. The van der Waals surface area contributed by atoms with Gasteiger partial charge in [-0.15, -0.1) is 0 Å². The van der Waals surface area contributed by atoms with Crippen molar-refractivity contribution in [3.63, 3.8) is 0 Å². The monoisotopic (exact) mass is 600 g/mol. The average molecular weight is 601 g/mol. The van der Waals surface area contributed by atoms with Crippen LogP contribution >= 0.6 is 0 Å². The Morgan fingerprint density at radius 1 is 0.886 bits per heavy atom. The van der Waals surface area contributed by atoms with Crippen LogP contribution in [0.25, 0.3) is 11.1 Å². The summed E-state index contributed by atoms with van der Waals surface area (Å²) in [6, 6.07) is 18.4. The molecule has 44 heavy (non-hydrogen) atoms. The summed E-state index contributed by atoms with van der Waals surface area (Å²) in [5.74, 6) is -1.59. The van der Waals surface area contributed by atoms with Crippen molar-refractivity contribution in [2.45, 2.75) is 83.3 Å². The number of aryl methyl sites for hydroxylation is 1. The molecule has 232 valence electrons. The smallest absolute Gasteiger partial charge is 0.407 e. The van der Waals surface area contributed by atoms with Crippen LogP contribution in [0.2, 0.25) is 0 Å². The van der Waals surface area contributed by atoms with E-state index in [1.807, 2.05) is 69.3 Å². The van der Waals surface area contributed by atoms with Crippen molar-refractivity contribution in [3.8, 4) is 11.1 Å². The first-order valence-corrected chi connectivity index (χ1v) is 15.1. The minimum Gasteiger partial charge on any atom is -0.480 e. The molecule has 2 N–H and O–H groups in total. The summed E-state index contributed by atoms with van der Waals surface area (Å²) in [5.41, 5.74) is 5.05. The number of Topliss-reactive ketones (excluding diaryl/α,β-unsaturated/α-hetero) is 1. The topological polar surface area (TPSA) is 132 Å². The Hall–Kier alpha value is -4.53. The molecule has 0 spiro atoms. The van der Waals surface area contributed by atoms with Crippen LogP contribution in [0, 0.1) is 0 Å². The van der Waals surface area contributed by atoms with E-state index in [0.29, 0.717) is 43.4 Å². The van der Waals surface area contributed by atoms with Gasteiger partial charge in [-0.2, -0.15) is 0 Å². The number of carboxylic acids is 1. The number of benzene rings is 2. The maximum atomic E-state index is 12.6. The predicted octanol–water partition coefficient (Wildman–Crippen LogP) is 6.48. The normalized spacial score (nSPS) is 13.0. The van der Waals surface area contributed by atoms with E-state index in [2.05, 4.69) is 10.3 Å².